The molecule has 2 heteroatoms. The van der Waals surface area contributed by atoms with Crippen molar-refractivity contribution < 1.29 is 8.83 Å². The van der Waals surface area contributed by atoms with Gasteiger partial charge in [-0.3, -0.25) is 0 Å². The van der Waals surface area contributed by atoms with Crippen LogP contribution in [0.25, 0.3) is 87.5 Å². The van der Waals surface area contributed by atoms with Crippen LogP contribution in [0.2, 0.25) is 0 Å². The van der Waals surface area contributed by atoms with Gasteiger partial charge in [-0.05, 0) is 84.9 Å². The number of furan rings is 2. The molecule has 40 heavy (non-hydrogen) atoms. The Hall–Kier alpha value is -5.34. The normalized spacial score (nSPS) is 12.0. The van der Waals surface area contributed by atoms with Crippen LogP contribution in [0.15, 0.2) is 142 Å². The van der Waals surface area contributed by atoms with E-state index in [-0.39, 0.29) is 0 Å². The molecule has 0 unspecified atom stereocenters. The molecule has 9 rings (SSSR count). The fourth-order valence-corrected chi connectivity index (χ4v) is 6.56. The van der Waals surface area contributed by atoms with Crippen molar-refractivity contribution >= 4 is 65.2 Å². The first kappa shape index (κ1) is 21.6. The van der Waals surface area contributed by atoms with Crippen LogP contribution in [-0.2, 0) is 0 Å². The zero-order chi connectivity index (χ0) is 26.2. The second-order valence-corrected chi connectivity index (χ2v) is 10.5. The lowest BCUT2D eigenvalue weighted by Gasteiger charge is -2.18. The van der Waals surface area contributed by atoms with Crippen molar-refractivity contribution in [3.8, 4) is 22.3 Å². The topological polar surface area (TPSA) is 26.3 Å². The van der Waals surface area contributed by atoms with E-state index in [9.17, 15) is 0 Å². The van der Waals surface area contributed by atoms with Gasteiger partial charge in [-0.1, -0.05) is 97.1 Å². The molecule has 0 aliphatic carbocycles. The third-order valence-electron chi connectivity index (χ3n) is 8.33. The average molecular weight is 511 g/mol. The Bertz CT molecular complexity index is 2370. The second kappa shape index (κ2) is 8.08. The van der Waals surface area contributed by atoms with Crippen LogP contribution in [-0.4, -0.2) is 0 Å². The zero-order valence-corrected chi connectivity index (χ0v) is 21.5. The molecule has 9 aromatic rings. The van der Waals surface area contributed by atoms with Crippen LogP contribution in [0.4, 0.5) is 0 Å². The van der Waals surface area contributed by atoms with Crippen molar-refractivity contribution in [3.63, 3.8) is 0 Å². The van der Waals surface area contributed by atoms with Gasteiger partial charge in [0, 0.05) is 16.2 Å². The summed E-state index contributed by atoms with van der Waals surface area (Å²) in [6.45, 7) is 0. The maximum Gasteiger partial charge on any atom is 0.136 e. The number of hydrogen-bond acceptors (Lipinski definition) is 2. The van der Waals surface area contributed by atoms with Crippen LogP contribution in [0, 0.1) is 0 Å². The largest absolute Gasteiger partial charge is 0.464 e. The smallest absolute Gasteiger partial charge is 0.136 e. The SMILES string of the molecule is c1ccc2c(-c3c4ccccc4c(-c4ccc5c(c4)oc4cc6ccoc6cc45)c4ccccc34)cccc2c1. The average Bonchev–Trinajstić information content (AvgIpc) is 3.61. The van der Waals surface area contributed by atoms with Crippen LogP contribution in [0.5, 0.6) is 0 Å². The standard InChI is InChI=1S/C38H22O2/c1-2-10-26-23(8-1)9-7-15-28(26)38-31-13-5-3-11-29(31)37(30-12-4-6-14-32(30)38)25-16-17-27-33-22-34-24(18-19-39-34)20-36(33)40-35(27)21-25/h1-22H. The summed E-state index contributed by atoms with van der Waals surface area (Å²) < 4.78 is 12.1. The van der Waals surface area contributed by atoms with Crippen molar-refractivity contribution in [1.29, 1.82) is 0 Å². The predicted molar refractivity (Wildman–Crippen MR) is 167 cm³/mol. The lowest BCUT2D eigenvalue weighted by atomic mass is 9.84. The van der Waals surface area contributed by atoms with E-state index in [0.717, 1.165) is 38.5 Å². The highest BCUT2D eigenvalue weighted by atomic mass is 16.3. The van der Waals surface area contributed by atoms with E-state index in [1.54, 1.807) is 6.26 Å². The molecule has 0 amide bonds. The van der Waals surface area contributed by atoms with Crippen molar-refractivity contribution in [2.45, 2.75) is 0 Å². The van der Waals surface area contributed by atoms with Crippen LogP contribution < -0.4 is 0 Å². The van der Waals surface area contributed by atoms with Gasteiger partial charge in [0.15, 0.2) is 0 Å². The van der Waals surface area contributed by atoms with E-state index in [0.29, 0.717) is 0 Å². The molecule has 0 radical (unpaired) electrons. The van der Waals surface area contributed by atoms with Crippen molar-refractivity contribution in [1.82, 2.24) is 0 Å². The minimum Gasteiger partial charge on any atom is -0.464 e. The lowest BCUT2D eigenvalue weighted by Crippen LogP contribution is -1.91. The van der Waals surface area contributed by atoms with Gasteiger partial charge >= 0.3 is 0 Å². The highest BCUT2D eigenvalue weighted by Crippen LogP contribution is 2.46. The summed E-state index contributed by atoms with van der Waals surface area (Å²) in [7, 11) is 0. The molecule has 0 spiro atoms. The summed E-state index contributed by atoms with van der Waals surface area (Å²) in [6.07, 6.45) is 1.72. The first-order valence-corrected chi connectivity index (χ1v) is 13.6. The number of rotatable bonds is 2. The quantitative estimate of drug-likeness (QED) is 0.216. The van der Waals surface area contributed by atoms with Crippen LogP contribution in [0.3, 0.4) is 0 Å². The van der Waals surface area contributed by atoms with Gasteiger partial charge in [0.25, 0.3) is 0 Å². The molecular weight excluding hydrogens is 488 g/mol. The fraction of sp³-hybridized carbons (Fsp3) is 0. The molecule has 0 atom stereocenters. The minimum absolute atomic E-state index is 0.875. The molecule has 2 nitrogen and oxygen atoms in total. The number of hydrogen-bond donors (Lipinski definition) is 0. The molecule has 7 aromatic carbocycles. The Morgan fingerprint density at radius 3 is 1.80 bits per heavy atom. The Balaban J connectivity index is 1.38. The summed E-state index contributed by atoms with van der Waals surface area (Å²) in [6, 6.07) is 45.6. The van der Waals surface area contributed by atoms with E-state index in [2.05, 4.69) is 121 Å². The summed E-state index contributed by atoms with van der Waals surface area (Å²) in [4.78, 5) is 0. The lowest BCUT2D eigenvalue weighted by molar-refractivity contribution is 0.616. The Morgan fingerprint density at radius 1 is 0.375 bits per heavy atom. The molecule has 0 aliphatic rings. The van der Waals surface area contributed by atoms with Gasteiger partial charge < -0.3 is 8.83 Å². The second-order valence-electron chi connectivity index (χ2n) is 10.5. The highest BCUT2D eigenvalue weighted by Gasteiger charge is 2.19. The summed E-state index contributed by atoms with van der Waals surface area (Å²) in [5.74, 6) is 0. The van der Waals surface area contributed by atoms with E-state index >= 15 is 0 Å². The molecule has 2 aromatic heterocycles. The molecule has 0 fully saturated rings. The molecule has 0 N–H and O–H groups in total. The third kappa shape index (κ3) is 2.99. The van der Waals surface area contributed by atoms with Crippen LogP contribution >= 0.6 is 0 Å². The van der Waals surface area contributed by atoms with Gasteiger partial charge in [0.05, 0.1) is 6.26 Å². The number of benzene rings is 7. The minimum atomic E-state index is 0.875. The van der Waals surface area contributed by atoms with Gasteiger partial charge in [0.1, 0.15) is 16.7 Å². The van der Waals surface area contributed by atoms with E-state index in [1.807, 2.05) is 6.07 Å². The van der Waals surface area contributed by atoms with Crippen LogP contribution in [0.1, 0.15) is 0 Å². The van der Waals surface area contributed by atoms with Gasteiger partial charge in [-0.2, -0.15) is 0 Å². The van der Waals surface area contributed by atoms with E-state index < -0.39 is 0 Å². The monoisotopic (exact) mass is 510 g/mol. The molecule has 2 heterocycles. The summed E-state index contributed by atoms with van der Waals surface area (Å²) in [5.41, 5.74) is 7.54. The van der Waals surface area contributed by atoms with Gasteiger partial charge in [-0.25, -0.2) is 0 Å². The van der Waals surface area contributed by atoms with Crippen molar-refractivity contribution in [3.05, 3.63) is 134 Å². The Kier molecular flexibility index (Phi) is 4.36. The van der Waals surface area contributed by atoms with Crippen molar-refractivity contribution in [2.24, 2.45) is 0 Å². The predicted octanol–water partition coefficient (Wildman–Crippen LogP) is 11.1. The molecule has 0 saturated carbocycles. The third-order valence-corrected chi connectivity index (χ3v) is 8.33. The van der Waals surface area contributed by atoms with E-state index in [1.165, 1.54) is 49.0 Å². The highest BCUT2D eigenvalue weighted by molar-refractivity contribution is 6.24. The molecule has 0 bridgehead atoms. The Labute approximate surface area is 229 Å². The zero-order valence-electron chi connectivity index (χ0n) is 21.5. The molecule has 186 valence electrons. The first-order valence-electron chi connectivity index (χ1n) is 13.6. The molecule has 0 saturated heterocycles. The maximum atomic E-state index is 6.42. The molecular formula is C38H22O2. The summed E-state index contributed by atoms with van der Waals surface area (Å²) >= 11 is 0. The van der Waals surface area contributed by atoms with Gasteiger partial charge in [-0.15, -0.1) is 0 Å². The molecule has 0 aliphatic heterocycles. The van der Waals surface area contributed by atoms with Gasteiger partial charge in [0.2, 0.25) is 0 Å². The Morgan fingerprint density at radius 2 is 1.02 bits per heavy atom. The van der Waals surface area contributed by atoms with Crippen molar-refractivity contribution in [2.75, 3.05) is 0 Å². The fourth-order valence-electron chi connectivity index (χ4n) is 6.56. The maximum absolute atomic E-state index is 6.42. The first-order chi connectivity index (χ1) is 19.8. The number of fused-ring (bicyclic) bond motifs is 7. The summed E-state index contributed by atoms with van der Waals surface area (Å²) in [5, 5.41) is 10.7. The van der Waals surface area contributed by atoms with E-state index in [4.69, 9.17) is 8.83 Å².